The molecule has 1 N–H and O–H groups in total. The third-order valence-electron chi connectivity index (χ3n) is 4.30. The van der Waals surface area contributed by atoms with Crippen molar-refractivity contribution in [3.8, 4) is 0 Å². The van der Waals surface area contributed by atoms with Crippen LogP contribution in [0.3, 0.4) is 0 Å². The van der Waals surface area contributed by atoms with Crippen LogP contribution in [0.5, 0.6) is 0 Å². The fourth-order valence-electron chi connectivity index (χ4n) is 2.94. The second-order valence-electron chi connectivity index (χ2n) is 6.09. The number of amides is 2. The summed E-state index contributed by atoms with van der Waals surface area (Å²) in [6.07, 6.45) is 3.41. The highest BCUT2D eigenvalue weighted by Crippen LogP contribution is 2.09. The molecule has 1 saturated heterocycles. The molecule has 3 heterocycles. The van der Waals surface area contributed by atoms with Gasteiger partial charge >= 0.3 is 0 Å². The van der Waals surface area contributed by atoms with Crippen LogP contribution in [0.1, 0.15) is 23.1 Å². The summed E-state index contributed by atoms with van der Waals surface area (Å²) in [4.78, 5) is 36.9. The van der Waals surface area contributed by atoms with Gasteiger partial charge in [-0.25, -0.2) is 9.97 Å². The molecule has 9 heteroatoms. The number of piperazine rings is 1. The maximum Gasteiger partial charge on any atom is 0.269 e. The lowest BCUT2D eigenvalue weighted by atomic mass is 10.3. The van der Waals surface area contributed by atoms with Gasteiger partial charge in [0, 0.05) is 45.1 Å². The Kier molecular flexibility index (Phi) is 5.45. The number of hydrogen-bond donors (Lipinski definition) is 1. The third kappa shape index (κ3) is 3.98. The summed E-state index contributed by atoms with van der Waals surface area (Å²) < 4.78 is 1.63. The summed E-state index contributed by atoms with van der Waals surface area (Å²) in [5.74, 6) is 0.305. The van der Waals surface area contributed by atoms with Crippen molar-refractivity contribution in [3.63, 3.8) is 0 Å². The van der Waals surface area contributed by atoms with Gasteiger partial charge in [-0.15, -0.1) is 0 Å². The Balaban J connectivity index is 1.49. The lowest BCUT2D eigenvalue weighted by molar-refractivity contribution is -0.130. The zero-order valence-corrected chi connectivity index (χ0v) is 15.1. The van der Waals surface area contributed by atoms with E-state index in [-0.39, 0.29) is 18.4 Å². The van der Waals surface area contributed by atoms with Crippen LogP contribution in [-0.2, 0) is 11.3 Å². The number of rotatable bonds is 5. The first-order valence-electron chi connectivity index (χ1n) is 8.71. The molecule has 3 rings (SSSR count). The number of nitrogens with zero attached hydrogens (tertiary/aromatic N) is 6. The lowest BCUT2D eigenvalue weighted by Gasteiger charge is -2.34. The monoisotopic (exact) mass is 357 g/mol. The average Bonchev–Trinajstić information content (AvgIpc) is 3.07. The highest BCUT2D eigenvalue weighted by molar-refractivity contribution is 5.95. The predicted octanol–water partition coefficient (Wildman–Crippen LogP) is 0.0800. The summed E-state index contributed by atoms with van der Waals surface area (Å²) in [5.41, 5.74) is 1.26. The molecule has 2 aromatic rings. The van der Waals surface area contributed by atoms with Gasteiger partial charge in [0.25, 0.3) is 5.91 Å². The minimum atomic E-state index is -0.280. The first kappa shape index (κ1) is 17.8. The molecule has 1 aliphatic heterocycles. The Hall–Kier alpha value is -2.97. The Morgan fingerprint density at radius 1 is 1.15 bits per heavy atom. The van der Waals surface area contributed by atoms with Crippen LogP contribution >= 0.6 is 0 Å². The van der Waals surface area contributed by atoms with Crippen molar-refractivity contribution >= 4 is 17.8 Å². The maximum atomic E-state index is 12.4. The van der Waals surface area contributed by atoms with Gasteiger partial charge in [0.05, 0.1) is 12.2 Å². The minimum absolute atomic E-state index is 0.0192. The lowest BCUT2D eigenvalue weighted by Crippen LogP contribution is -2.51. The summed E-state index contributed by atoms with van der Waals surface area (Å²) >= 11 is 0. The summed E-state index contributed by atoms with van der Waals surface area (Å²) in [6.45, 7) is 6.85. The second-order valence-corrected chi connectivity index (χ2v) is 6.09. The number of carbonyl (C=O) groups excluding carboxylic acids is 2. The van der Waals surface area contributed by atoms with Gasteiger partial charge in [0.15, 0.2) is 0 Å². The standard InChI is InChI=1S/C17H23N7O2/c1-3-24-14(11-13(2)21-24)16(26)20-12-15(25)22-7-9-23(10-8-22)17-18-5-4-6-19-17/h4-6,11H,3,7-10,12H2,1-2H3,(H,20,26). The van der Waals surface area contributed by atoms with Crippen LogP contribution in [0.25, 0.3) is 0 Å². The molecule has 2 aromatic heterocycles. The van der Waals surface area contributed by atoms with Crippen molar-refractivity contribution in [1.29, 1.82) is 0 Å². The number of nitrogens with one attached hydrogen (secondary N) is 1. The van der Waals surface area contributed by atoms with Gasteiger partial charge in [-0.2, -0.15) is 5.10 Å². The first-order chi connectivity index (χ1) is 12.6. The molecule has 0 aromatic carbocycles. The van der Waals surface area contributed by atoms with Crippen LogP contribution in [0, 0.1) is 6.92 Å². The highest BCUT2D eigenvalue weighted by atomic mass is 16.2. The number of carbonyl (C=O) groups is 2. The summed E-state index contributed by atoms with van der Waals surface area (Å²) in [7, 11) is 0. The van der Waals surface area contributed by atoms with Crippen LogP contribution in [0.4, 0.5) is 5.95 Å². The molecule has 138 valence electrons. The van der Waals surface area contributed by atoms with E-state index in [4.69, 9.17) is 0 Å². The van der Waals surface area contributed by atoms with Crippen LogP contribution in [-0.4, -0.2) is 69.2 Å². The van der Waals surface area contributed by atoms with E-state index in [0.717, 1.165) is 5.69 Å². The van der Waals surface area contributed by atoms with Crippen molar-refractivity contribution in [2.24, 2.45) is 0 Å². The van der Waals surface area contributed by atoms with Crippen molar-refractivity contribution < 1.29 is 9.59 Å². The minimum Gasteiger partial charge on any atom is -0.342 e. The van der Waals surface area contributed by atoms with E-state index in [1.54, 1.807) is 34.1 Å². The van der Waals surface area contributed by atoms with E-state index in [9.17, 15) is 9.59 Å². The van der Waals surface area contributed by atoms with Crippen LogP contribution < -0.4 is 10.2 Å². The molecule has 1 aliphatic rings. The molecule has 0 atom stereocenters. The largest absolute Gasteiger partial charge is 0.342 e. The molecule has 26 heavy (non-hydrogen) atoms. The summed E-state index contributed by atoms with van der Waals surface area (Å²) in [5, 5.41) is 6.95. The van der Waals surface area contributed by atoms with Crippen molar-refractivity contribution in [3.05, 3.63) is 35.9 Å². The number of aryl methyl sites for hydroxylation is 2. The smallest absolute Gasteiger partial charge is 0.269 e. The topological polar surface area (TPSA) is 96.2 Å². The zero-order chi connectivity index (χ0) is 18.5. The summed E-state index contributed by atoms with van der Waals surface area (Å²) in [6, 6.07) is 3.50. The molecule has 2 amide bonds. The molecule has 0 bridgehead atoms. The molecule has 0 aliphatic carbocycles. The van der Waals surface area contributed by atoms with E-state index in [1.807, 2.05) is 18.7 Å². The fourth-order valence-corrected chi connectivity index (χ4v) is 2.94. The third-order valence-corrected chi connectivity index (χ3v) is 4.30. The van der Waals surface area contributed by atoms with E-state index in [2.05, 4.69) is 20.4 Å². The quantitative estimate of drug-likeness (QED) is 0.814. The fraction of sp³-hybridized carbons (Fsp3) is 0.471. The molecular weight excluding hydrogens is 334 g/mol. The van der Waals surface area contributed by atoms with Crippen LogP contribution in [0.15, 0.2) is 24.5 Å². The van der Waals surface area contributed by atoms with E-state index in [0.29, 0.717) is 44.4 Å². The normalized spacial score (nSPS) is 14.4. The molecule has 1 fully saturated rings. The Bertz CT molecular complexity index is 767. The van der Waals surface area contributed by atoms with Gasteiger partial charge in [0.1, 0.15) is 5.69 Å². The van der Waals surface area contributed by atoms with Gasteiger partial charge in [-0.1, -0.05) is 0 Å². The van der Waals surface area contributed by atoms with Crippen molar-refractivity contribution in [1.82, 2.24) is 30.0 Å². The van der Waals surface area contributed by atoms with E-state index < -0.39 is 0 Å². The van der Waals surface area contributed by atoms with Gasteiger partial charge in [0.2, 0.25) is 11.9 Å². The molecule has 0 saturated carbocycles. The molecule has 0 spiro atoms. The first-order valence-corrected chi connectivity index (χ1v) is 8.71. The molecule has 0 unspecified atom stereocenters. The Labute approximate surface area is 152 Å². The Morgan fingerprint density at radius 2 is 1.85 bits per heavy atom. The predicted molar refractivity (Wildman–Crippen MR) is 95.8 cm³/mol. The molecule has 0 radical (unpaired) electrons. The van der Waals surface area contributed by atoms with Crippen LogP contribution in [0.2, 0.25) is 0 Å². The average molecular weight is 357 g/mol. The van der Waals surface area contributed by atoms with Gasteiger partial charge in [-0.3, -0.25) is 14.3 Å². The zero-order valence-electron chi connectivity index (χ0n) is 15.1. The number of hydrogen-bond acceptors (Lipinski definition) is 6. The maximum absolute atomic E-state index is 12.4. The van der Waals surface area contributed by atoms with Gasteiger partial charge in [-0.05, 0) is 26.0 Å². The SMILES string of the molecule is CCn1nc(C)cc1C(=O)NCC(=O)N1CCN(c2ncccn2)CC1. The second kappa shape index (κ2) is 7.94. The van der Waals surface area contributed by atoms with Crippen molar-refractivity contribution in [2.75, 3.05) is 37.6 Å². The number of anilines is 1. The number of aromatic nitrogens is 4. The van der Waals surface area contributed by atoms with Gasteiger partial charge < -0.3 is 15.1 Å². The molecule has 9 nitrogen and oxygen atoms in total. The Morgan fingerprint density at radius 3 is 2.50 bits per heavy atom. The molecular formula is C17H23N7O2. The van der Waals surface area contributed by atoms with E-state index in [1.165, 1.54) is 0 Å². The van der Waals surface area contributed by atoms with Crippen molar-refractivity contribution in [2.45, 2.75) is 20.4 Å². The highest BCUT2D eigenvalue weighted by Gasteiger charge is 2.23. The van der Waals surface area contributed by atoms with E-state index >= 15 is 0 Å².